The van der Waals surface area contributed by atoms with Gasteiger partial charge in [0.2, 0.25) is 11.9 Å². The minimum Gasteiger partial charge on any atom is -0.306 e. The van der Waals surface area contributed by atoms with Crippen LogP contribution in [-0.2, 0) is 4.79 Å². The Balaban J connectivity index is 1.91. The van der Waals surface area contributed by atoms with Crippen molar-refractivity contribution in [3.8, 4) is 0 Å². The number of piperidine rings is 1. The highest BCUT2D eigenvalue weighted by Gasteiger charge is 2.26. The molecular weight excluding hydrogens is 216 g/mol. The Morgan fingerprint density at radius 2 is 2.29 bits per heavy atom. The van der Waals surface area contributed by atoms with E-state index in [0.29, 0.717) is 11.9 Å². The molecule has 2 rings (SSSR count). The Hall–Kier alpha value is -1.49. The topological polar surface area (TPSA) is 66.9 Å². The monoisotopic (exact) mass is 234 g/mol. The van der Waals surface area contributed by atoms with Gasteiger partial charge in [0.1, 0.15) is 0 Å². The maximum atomic E-state index is 12.0. The average Bonchev–Trinajstić information content (AvgIpc) is 2.40. The Labute approximate surface area is 101 Å². The molecular formula is C12H18N4O. The fraction of sp³-hybridized carbons (Fsp3) is 0.583. The lowest BCUT2D eigenvalue weighted by atomic mass is 9.90. The molecule has 0 spiro atoms. The first-order chi connectivity index (χ1) is 8.29. The van der Waals surface area contributed by atoms with Crippen LogP contribution in [0.3, 0.4) is 0 Å². The molecule has 17 heavy (non-hydrogen) atoms. The van der Waals surface area contributed by atoms with Crippen molar-refractivity contribution in [1.29, 1.82) is 0 Å². The molecule has 0 radical (unpaired) electrons. The zero-order valence-electron chi connectivity index (χ0n) is 10.0. The molecule has 1 saturated heterocycles. The molecule has 0 aliphatic carbocycles. The van der Waals surface area contributed by atoms with E-state index in [2.05, 4.69) is 27.5 Å². The molecule has 1 fully saturated rings. The van der Waals surface area contributed by atoms with Gasteiger partial charge in [-0.1, -0.05) is 13.3 Å². The van der Waals surface area contributed by atoms with Gasteiger partial charge < -0.3 is 5.32 Å². The molecule has 0 saturated carbocycles. The van der Waals surface area contributed by atoms with Crippen molar-refractivity contribution in [1.82, 2.24) is 15.3 Å². The van der Waals surface area contributed by atoms with Gasteiger partial charge in [-0.3, -0.25) is 10.1 Å². The molecule has 2 N–H and O–H groups in total. The van der Waals surface area contributed by atoms with Crippen LogP contribution in [0.1, 0.15) is 26.2 Å². The molecule has 1 aliphatic rings. The van der Waals surface area contributed by atoms with Crippen LogP contribution in [0.5, 0.6) is 0 Å². The maximum absolute atomic E-state index is 12.0. The lowest BCUT2D eigenvalue weighted by Crippen LogP contribution is -2.46. The van der Waals surface area contributed by atoms with Crippen LogP contribution in [0.2, 0.25) is 0 Å². The number of nitrogens with one attached hydrogen (secondary N) is 2. The van der Waals surface area contributed by atoms with Gasteiger partial charge in [0.15, 0.2) is 0 Å². The Morgan fingerprint density at radius 1 is 1.53 bits per heavy atom. The van der Waals surface area contributed by atoms with Gasteiger partial charge in [0.25, 0.3) is 0 Å². The normalized spacial score (nSPS) is 24.3. The fourth-order valence-electron chi connectivity index (χ4n) is 2.13. The quantitative estimate of drug-likeness (QED) is 0.824. The van der Waals surface area contributed by atoms with E-state index in [-0.39, 0.29) is 11.9 Å². The number of hydrogen-bond acceptors (Lipinski definition) is 4. The zero-order chi connectivity index (χ0) is 12.1. The number of anilines is 1. The number of carbonyl (C=O) groups excluding carboxylic acids is 1. The highest BCUT2D eigenvalue weighted by molar-refractivity contribution is 5.93. The largest absolute Gasteiger partial charge is 0.306 e. The van der Waals surface area contributed by atoms with Gasteiger partial charge >= 0.3 is 0 Å². The summed E-state index contributed by atoms with van der Waals surface area (Å²) < 4.78 is 0. The van der Waals surface area contributed by atoms with Crippen LogP contribution in [0, 0.1) is 5.92 Å². The predicted molar refractivity (Wildman–Crippen MR) is 65.5 cm³/mol. The smallest absolute Gasteiger partial charge is 0.243 e. The third-order valence-corrected chi connectivity index (χ3v) is 3.21. The van der Waals surface area contributed by atoms with Gasteiger partial charge in [-0.05, 0) is 31.4 Å². The van der Waals surface area contributed by atoms with E-state index in [4.69, 9.17) is 0 Å². The third kappa shape index (κ3) is 3.23. The Kier molecular flexibility index (Phi) is 4.03. The van der Waals surface area contributed by atoms with Crippen molar-refractivity contribution in [2.45, 2.75) is 32.2 Å². The molecule has 0 aromatic carbocycles. The number of rotatable bonds is 3. The number of amides is 1. The molecule has 1 aromatic heterocycles. The van der Waals surface area contributed by atoms with Crippen molar-refractivity contribution >= 4 is 11.9 Å². The van der Waals surface area contributed by atoms with Crippen LogP contribution >= 0.6 is 0 Å². The van der Waals surface area contributed by atoms with Gasteiger partial charge in [-0.15, -0.1) is 0 Å². The zero-order valence-corrected chi connectivity index (χ0v) is 10.0. The summed E-state index contributed by atoms with van der Waals surface area (Å²) in [5, 5.41) is 5.97. The summed E-state index contributed by atoms with van der Waals surface area (Å²) in [5.74, 6) is 0.982. The summed E-state index contributed by atoms with van der Waals surface area (Å²) in [6.07, 6.45) is 6.42. The summed E-state index contributed by atoms with van der Waals surface area (Å²) >= 11 is 0. The van der Waals surface area contributed by atoms with Crippen LogP contribution in [0.15, 0.2) is 18.5 Å². The van der Waals surface area contributed by atoms with Crippen molar-refractivity contribution < 1.29 is 4.79 Å². The number of aromatic nitrogens is 2. The van der Waals surface area contributed by atoms with Crippen LogP contribution in [0.25, 0.3) is 0 Å². The van der Waals surface area contributed by atoms with Crippen molar-refractivity contribution in [3.05, 3.63) is 18.5 Å². The van der Waals surface area contributed by atoms with E-state index in [1.165, 1.54) is 0 Å². The summed E-state index contributed by atoms with van der Waals surface area (Å²) in [6, 6.07) is 1.61. The number of nitrogens with zero attached hydrogens (tertiary/aromatic N) is 2. The molecule has 5 nitrogen and oxygen atoms in total. The average molecular weight is 234 g/mol. The number of hydrogen-bond donors (Lipinski definition) is 2. The summed E-state index contributed by atoms with van der Waals surface area (Å²) in [5.41, 5.74) is 0. The molecule has 5 heteroatoms. The van der Waals surface area contributed by atoms with Crippen molar-refractivity contribution in [2.75, 3.05) is 11.9 Å². The van der Waals surface area contributed by atoms with Crippen molar-refractivity contribution in [2.24, 2.45) is 5.92 Å². The molecule has 1 aromatic rings. The maximum Gasteiger partial charge on any atom is 0.243 e. The SMILES string of the molecule is CCC1CCNC(C(=O)Nc2ncccn2)C1. The van der Waals surface area contributed by atoms with E-state index < -0.39 is 0 Å². The first-order valence-corrected chi connectivity index (χ1v) is 6.11. The lowest BCUT2D eigenvalue weighted by molar-refractivity contribution is -0.119. The van der Waals surface area contributed by atoms with Gasteiger partial charge in [-0.2, -0.15) is 0 Å². The summed E-state index contributed by atoms with van der Waals surface area (Å²) in [6.45, 7) is 3.08. The minimum absolute atomic E-state index is 0.0330. The summed E-state index contributed by atoms with van der Waals surface area (Å²) in [7, 11) is 0. The van der Waals surface area contributed by atoms with E-state index in [0.717, 1.165) is 25.8 Å². The highest BCUT2D eigenvalue weighted by Crippen LogP contribution is 2.19. The van der Waals surface area contributed by atoms with Crippen LogP contribution in [0.4, 0.5) is 5.95 Å². The molecule has 0 bridgehead atoms. The first kappa shape index (κ1) is 12.0. The molecule has 92 valence electrons. The first-order valence-electron chi connectivity index (χ1n) is 6.11. The molecule has 2 atom stereocenters. The highest BCUT2D eigenvalue weighted by atomic mass is 16.2. The van der Waals surface area contributed by atoms with Crippen LogP contribution < -0.4 is 10.6 Å². The second-order valence-electron chi connectivity index (χ2n) is 4.37. The van der Waals surface area contributed by atoms with Crippen molar-refractivity contribution in [3.63, 3.8) is 0 Å². The Morgan fingerprint density at radius 3 is 3.00 bits per heavy atom. The van der Waals surface area contributed by atoms with E-state index >= 15 is 0 Å². The second kappa shape index (κ2) is 5.72. The van der Waals surface area contributed by atoms with E-state index in [1.54, 1.807) is 18.5 Å². The van der Waals surface area contributed by atoms with Gasteiger partial charge in [-0.25, -0.2) is 9.97 Å². The fourth-order valence-corrected chi connectivity index (χ4v) is 2.13. The molecule has 2 unspecified atom stereocenters. The van der Waals surface area contributed by atoms with Gasteiger partial charge in [0.05, 0.1) is 6.04 Å². The van der Waals surface area contributed by atoms with E-state index in [9.17, 15) is 4.79 Å². The molecule has 2 heterocycles. The minimum atomic E-state index is -0.113. The standard InChI is InChI=1S/C12H18N4O/c1-2-9-4-7-13-10(8-9)11(17)16-12-14-5-3-6-15-12/h3,5-6,9-10,13H,2,4,7-8H2,1H3,(H,14,15,16,17). The summed E-state index contributed by atoms with van der Waals surface area (Å²) in [4.78, 5) is 19.9. The number of carbonyl (C=O) groups is 1. The van der Waals surface area contributed by atoms with E-state index in [1.807, 2.05) is 0 Å². The molecule has 1 amide bonds. The lowest BCUT2D eigenvalue weighted by Gasteiger charge is -2.28. The van der Waals surface area contributed by atoms with Gasteiger partial charge in [0, 0.05) is 12.4 Å². The van der Waals surface area contributed by atoms with Crippen LogP contribution in [-0.4, -0.2) is 28.5 Å². The Bertz CT molecular complexity index is 368. The molecule has 1 aliphatic heterocycles. The predicted octanol–water partition coefficient (Wildman–Crippen LogP) is 1.19. The second-order valence-corrected chi connectivity index (χ2v) is 4.37. The third-order valence-electron chi connectivity index (χ3n) is 3.21.